The van der Waals surface area contributed by atoms with E-state index in [2.05, 4.69) is 25.9 Å². The Bertz CT molecular complexity index is 1080. The Morgan fingerprint density at radius 1 is 1.40 bits per heavy atom. The molecule has 3 rings (SSSR count). The molecule has 0 bridgehead atoms. The summed E-state index contributed by atoms with van der Waals surface area (Å²) in [6.07, 6.45) is 1.51. The molecule has 1 atom stereocenters. The van der Waals surface area contributed by atoms with Gasteiger partial charge in [0.1, 0.15) is 0 Å². The van der Waals surface area contributed by atoms with Crippen molar-refractivity contribution in [2.45, 2.75) is 19.6 Å². The largest absolute Gasteiger partial charge is 0.488 e. The predicted molar refractivity (Wildman–Crippen MR) is 107 cm³/mol. The summed E-state index contributed by atoms with van der Waals surface area (Å²) in [5.41, 5.74) is 0.0101. The molecule has 0 radical (unpaired) electrons. The summed E-state index contributed by atoms with van der Waals surface area (Å²) in [4.78, 5) is 24.8. The second kappa shape index (κ2) is 9.47. The van der Waals surface area contributed by atoms with Gasteiger partial charge in [-0.05, 0) is 13.0 Å². The number of rotatable bonds is 9. The number of carbonyl (C=O) groups excluding carboxylic acids is 1. The molecule has 0 aromatic carbocycles. The predicted octanol–water partition coefficient (Wildman–Crippen LogP) is 0.877. The lowest BCUT2D eigenvalue weighted by Crippen LogP contribution is -2.23. The minimum Gasteiger partial charge on any atom is -0.488 e. The normalized spacial score (nSPS) is 11.9. The van der Waals surface area contributed by atoms with Gasteiger partial charge in [-0.25, -0.2) is 9.48 Å². The number of nitrogens with one attached hydrogen (secondary N) is 2. The first-order chi connectivity index (χ1) is 14.5. The van der Waals surface area contributed by atoms with Gasteiger partial charge in [-0.1, -0.05) is 11.3 Å². The van der Waals surface area contributed by atoms with E-state index in [-0.39, 0.29) is 29.3 Å². The zero-order chi connectivity index (χ0) is 21.7. The van der Waals surface area contributed by atoms with Gasteiger partial charge in [0.2, 0.25) is 16.0 Å². The van der Waals surface area contributed by atoms with Gasteiger partial charge in [0, 0.05) is 25.4 Å². The van der Waals surface area contributed by atoms with Gasteiger partial charge in [-0.3, -0.25) is 10.1 Å². The number of ether oxygens (including phenoxy) is 2. The number of nitrogens with zero attached hydrogens (tertiary/aromatic N) is 4. The van der Waals surface area contributed by atoms with Crippen molar-refractivity contribution >= 4 is 28.1 Å². The molecule has 3 aromatic heterocycles. The smallest absolute Gasteiger partial charge is 0.381 e. The molecule has 0 saturated carbocycles. The third-order valence-corrected chi connectivity index (χ3v) is 4.67. The van der Waals surface area contributed by atoms with Gasteiger partial charge in [-0.2, -0.15) is 5.10 Å². The Hall–Kier alpha value is -3.29. The van der Waals surface area contributed by atoms with Crippen LogP contribution in [0.3, 0.4) is 0 Å². The van der Waals surface area contributed by atoms with Gasteiger partial charge < -0.3 is 24.3 Å². The zero-order valence-electron chi connectivity index (χ0n) is 16.4. The molecule has 1 amide bonds. The lowest BCUT2D eigenvalue weighted by Gasteiger charge is -2.16. The van der Waals surface area contributed by atoms with Gasteiger partial charge >= 0.3 is 5.63 Å². The quantitative estimate of drug-likeness (QED) is 0.440. The summed E-state index contributed by atoms with van der Waals surface area (Å²) in [7, 11) is 2.88. The van der Waals surface area contributed by atoms with E-state index in [1.807, 2.05) is 6.92 Å². The van der Waals surface area contributed by atoms with E-state index in [0.29, 0.717) is 23.1 Å². The standard InChI is InChI=1S/C17H20N6O6S/c1-9(8-27-2)19-11-6-12(29-15(26)13(11)28-3)14(25)20-16-21-22-17(30-16)23-10(7-24)4-5-18-23/h4-6,9,19,24H,7-8H2,1-3H3,(H,20,21,25). The number of anilines is 2. The first-order valence-electron chi connectivity index (χ1n) is 8.73. The van der Waals surface area contributed by atoms with Crippen LogP contribution >= 0.6 is 11.3 Å². The third kappa shape index (κ3) is 4.64. The van der Waals surface area contributed by atoms with Crippen molar-refractivity contribution in [1.82, 2.24) is 20.0 Å². The highest BCUT2D eigenvalue weighted by Gasteiger charge is 2.20. The molecule has 0 fully saturated rings. The lowest BCUT2D eigenvalue weighted by atomic mass is 10.2. The molecule has 30 heavy (non-hydrogen) atoms. The molecule has 160 valence electrons. The van der Waals surface area contributed by atoms with Gasteiger partial charge in [0.25, 0.3) is 5.91 Å². The van der Waals surface area contributed by atoms with Crippen molar-refractivity contribution in [3.8, 4) is 10.9 Å². The monoisotopic (exact) mass is 436 g/mol. The average Bonchev–Trinajstić information content (AvgIpc) is 3.36. The first-order valence-corrected chi connectivity index (χ1v) is 9.55. The number of hydrogen-bond acceptors (Lipinski definition) is 11. The SMILES string of the molecule is COCC(C)Nc1cc(C(=O)Nc2nnc(-n3nccc3CO)s2)oc(=O)c1OC. The van der Waals surface area contributed by atoms with Crippen LogP contribution in [0.15, 0.2) is 27.5 Å². The van der Waals surface area contributed by atoms with Crippen molar-refractivity contribution in [3.63, 3.8) is 0 Å². The number of aromatic nitrogens is 4. The van der Waals surface area contributed by atoms with Crippen LogP contribution in [0.25, 0.3) is 5.13 Å². The fraction of sp³-hybridized carbons (Fsp3) is 0.353. The Morgan fingerprint density at radius 2 is 2.20 bits per heavy atom. The number of methoxy groups -OCH3 is 2. The number of carbonyl (C=O) groups is 1. The highest BCUT2D eigenvalue weighted by molar-refractivity contribution is 7.17. The van der Waals surface area contributed by atoms with E-state index in [1.165, 1.54) is 24.1 Å². The summed E-state index contributed by atoms with van der Waals surface area (Å²) >= 11 is 1.03. The maximum Gasteiger partial charge on any atom is 0.381 e. The molecule has 0 aliphatic carbocycles. The van der Waals surface area contributed by atoms with Crippen molar-refractivity contribution in [2.24, 2.45) is 0 Å². The van der Waals surface area contributed by atoms with Crippen LogP contribution in [-0.2, 0) is 11.3 Å². The van der Waals surface area contributed by atoms with Crippen LogP contribution < -0.4 is 21.0 Å². The maximum atomic E-state index is 12.6. The summed E-state index contributed by atoms with van der Waals surface area (Å²) in [6, 6.07) is 2.84. The fourth-order valence-corrected chi connectivity index (χ4v) is 3.32. The Balaban J connectivity index is 1.82. The van der Waals surface area contributed by atoms with Gasteiger partial charge in [0.15, 0.2) is 5.76 Å². The van der Waals surface area contributed by atoms with Crippen molar-refractivity contribution in [2.75, 3.05) is 31.5 Å². The Morgan fingerprint density at radius 3 is 2.90 bits per heavy atom. The zero-order valence-corrected chi connectivity index (χ0v) is 17.2. The second-order valence-corrected chi connectivity index (χ2v) is 7.04. The molecule has 13 heteroatoms. The van der Waals surface area contributed by atoms with Crippen LogP contribution in [-0.4, -0.2) is 57.9 Å². The van der Waals surface area contributed by atoms with Gasteiger partial charge in [0.05, 0.1) is 31.7 Å². The molecule has 3 heterocycles. The summed E-state index contributed by atoms with van der Waals surface area (Å²) in [5.74, 6) is -0.981. The summed E-state index contributed by atoms with van der Waals surface area (Å²) in [6.45, 7) is 1.99. The molecule has 3 aromatic rings. The Labute approximate surface area is 174 Å². The minimum absolute atomic E-state index is 0.0529. The van der Waals surface area contributed by atoms with Gasteiger partial charge in [-0.15, -0.1) is 10.2 Å². The molecule has 0 aliphatic heterocycles. The van der Waals surface area contributed by atoms with Crippen LogP contribution in [0, 0.1) is 0 Å². The van der Waals surface area contributed by atoms with Crippen molar-refractivity contribution in [1.29, 1.82) is 0 Å². The Kier molecular flexibility index (Phi) is 6.76. The molecule has 0 saturated heterocycles. The van der Waals surface area contributed by atoms with E-state index in [1.54, 1.807) is 13.2 Å². The summed E-state index contributed by atoms with van der Waals surface area (Å²) < 4.78 is 16.6. The topological polar surface area (TPSA) is 154 Å². The van der Waals surface area contributed by atoms with E-state index in [9.17, 15) is 14.7 Å². The highest BCUT2D eigenvalue weighted by atomic mass is 32.1. The number of aliphatic hydroxyl groups excluding tert-OH is 1. The number of hydrogen-bond donors (Lipinski definition) is 3. The van der Waals surface area contributed by atoms with E-state index >= 15 is 0 Å². The minimum atomic E-state index is -0.806. The molecular formula is C17H20N6O6S. The van der Waals surface area contributed by atoms with Crippen LogP contribution in [0.5, 0.6) is 5.75 Å². The molecule has 1 unspecified atom stereocenters. The number of amides is 1. The second-order valence-electron chi connectivity index (χ2n) is 6.08. The van der Waals surface area contributed by atoms with Crippen LogP contribution in [0.1, 0.15) is 23.2 Å². The van der Waals surface area contributed by atoms with Crippen molar-refractivity contribution < 1.29 is 23.8 Å². The molecule has 3 N–H and O–H groups in total. The fourth-order valence-electron chi connectivity index (χ4n) is 2.58. The van der Waals surface area contributed by atoms with E-state index in [0.717, 1.165) is 11.3 Å². The number of aliphatic hydroxyl groups is 1. The molecular weight excluding hydrogens is 416 g/mol. The third-order valence-electron chi connectivity index (χ3n) is 3.85. The first kappa shape index (κ1) is 21.4. The van der Waals surface area contributed by atoms with Crippen molar-refractivity contribution in [3.05, 3.63) is 40.2 Å². The lowest BCUT2D eigenvalue weighted by molar-refractivity contribution is 0.0991. The highest BCUT2D eigenvalue weighted by Crippen LogP contribution is 2.24. The molecule has 0 spiro atoms. The molecule has 0 aliphatic rings. The van der Waals surface area contributed by atoms with E-state index < -0.39 is 11.5 Å². The van der Waals surface area contributed by atoms with E-state index in [4.69, 9.17) is 13.9 Å². The maximum absolute atomic E-state index is 12.6. The van der Waals surface area contributed by atoms with Crippen LogP contribution in [0.4, 0.5) is 10.8 Å². The van der Waals surface area contributed by atoms with Crippen LogP contribution in [0.2, 0.25) is 0 Å². The molecule has 12 nitrogen and oxygen atoms in total. The summed E-state index contributed by atoms with van der Waals surface area (Å²) in [5, 5.41) is 27.3. The average molecular weight is 436 g/mol.